The van der Waals surface area contributed by atoms with Gasteiger partial charge in [-0.1, -0.05) is 54.6 Å². The average Bonchev–Trinajstić information content (AvgIpc) is 3.92. The summed E-state index contributed by atoms with van der Waals surface area (Å²) in [7, 11) is 0. The van der Waals surface area contributed by atoms with Crippen LogP contribution in [0, 0.1) is 0 Å². The summed E-state index contributed by atoms with van der Waals surface area (Å²) in [5.74, 6) is -1.93. The van der Waals surface area contributed by atoms with Gasteiger partial charge in [0.15, 0.2) is 18.4 Å². The topological polar surface area (TPSA) is 132 Å². The first-order valence-electron chi connectivity index (χ1n) is 16.1. The summed E-state index contributed by atoms with van der Waals surface area (Å²) in [4.78, 5) is 54.2. The van der Waals surface area contributed by atoms with Crippen LogP contribution in [0.1, 0.15) is 37.3 Å². The molecule has 0 N–H and O–H groups in total. The molecular weight excluding hydrogens is 669 g/mol. The van der Waals surface area contributed by atoms with E-state index in [1.54, 1.807) is 119 Å². The lowest BCUT2D eigenvalue weighted by Gasteiger charge is -2.25. The fourth-order valence-corrected chi connectivity index (χ4v) is 6.89. The highest BCUT2D eigenvalue weighted by Gasteiger charge is 2.52. The summed E-state index contributed by atoms with van der Waals surface area (Å²) in [5.41, 5.74) is 3.61. The van der Waals surface area contributed by atoms with Gasteiger partial charge >= 0.3 is 17.9 Å². The van der Waals surface area contributed by atoms with Gasteiger partial charge in [0.2, 0.25) is 0 Å². The molecule has 1 fully saturated rings. The van der Waals surface area contributed by atoms with Crippen LogP contribution in [0.15, 0.2) is 133 Å². The van der Waals surface area contributed by atoms with Crippen LogP contribution in [0.25, 0.3) is 33.2 Å². The molecule has 0 spiro atoms. The van der Waals surface area contributed by atoms with Crippen LogP contribution < -0.4 is 0 Å². The van der Waals surface area contributed by atoms with Crippen molar-refractivity contribution in [2.24, 2.45) is 0 Å². The molecule has 0 radical (unpaired) electrons. The molecule has 51 heavy (non-hydrogen) atoms. The van der Waals surface area contributed by atoms with Gasteiger partial charge in [0.25, 0.3) is 0 Å². The Morgan fingerprint density at radius 1 is 0.745 bits per heavy atom. The minimum atomic E-state index is -1.23. The number of benzene rings is 3. The van der Waals surface area contributed by atoms with Crippen molar-refractivity contribution in [3.63, 3.8) is 0 Å². The van der Waals surface area contributed by atoms with Gasteiger partial charge in [-0.25, -0.2) is 24.4 Å². The van der Waals surface area contributed by atoms with Crippen molar-refractivity contribution in [3.05, 3.63) is 149 Å². The molecule has 4 aromatic heterocycles. The normalized spacial score (nSPS) is 18.4. The Hall–Kier alpha value is -6.24. The number of aromatic nitrogens is 4. The van der Waals surface area contributed by atoms with Gasteiger partial charge in [-0.15, -0.1) is 0 Å². The second kappa shape index (κ2) is 13.9. The number of carbonyl (C=O) groups excluding carboxylic acids is 3. The van der Waals surface area contributed by atoms with E-state index < -0.39 is 42.4 Å². The summed E-state index contributed by atoms with van der Waals surface area (Å²) < 4.78 is 26.6. The molecule has 3 aromatic carbocycles. The van der Waals surface area contributed by atoms with Crippen molar-refractivity contribution in [2.75, 3.05) is 6.61 Å². The molecule has 8 rings (SSSR count). The monoisotopic (exact) mass is 696 g/mol. The third kappa shape index (κ3) is 6.22. The fraction of sp³-hybridized carbons (Fsp3) is 0.128. The quantitative estimate of drug-likeness (QED) is 0.116. The zero-order chi connectivity index (χ0) is 34.7. The molecule has 12 heteroatoms. The Morgan fingerprint density at radius 2 is 1.37 bits per heavy atom. The zero-order valence-corrected chi connectivity index (χ0v) is 27.6. The average molecular weight is 697 g/mol. The van der Waals surface area contributed by atoms with Crippen molar-refractivity contribution >= 4 is 51.2 Å². The number of hydrogen-bond donors (Lipinski definition) is 0. The smallest absolute Gasteiger partial charge is 0.338 e. The van der Waals surface area contributed by atoms with E-state index in [1.165, 1.54) is 6.33 Å². The summed E-state index contributed by atoms with van der Waals surface area (Å²) in [6, 6.07) is 29.3. The Labute approximate surface area is 295 Å². The Kier molecular flexibility index (Phi) is 8.74. The van der Waals surface area contributed by atoms with E-state index in [0.29, 0.717) is 22.4 Å². The lowest BCUT2D eigenvalue weighted by molar-refractivity contribution is -0.0588. The third-order valence-corrected chi connectivity index (χ3v) is 9.30. The van der Waals surface area contributed by atoms with E-state index in [4.69, 9.17) is 23.9 Å². The predicted octanol–water partition coefficient (Wildman–Crippen LogP) is 6.91. The number of nitrogens with zero attached hydrogens (tertiary/aromatic N) is 4. The molecule has 252 valence electrons. The van der Waals surface area contributed by atoms with Gasteiger partial charge in [0, 0.05) is 22.5 Å². The SMILES string of the molecule is O=C(OC[C@H]1O[C@@H](n2c3cnccc3c3c(-c4ccsc4)ncnc32)[C@H](OC(=O)c2ccccc2)[C@@H]1OC(=O)c1ccccc1)c1ccccc1. The molecule has 4 atom stereocenters. The maximum Gasteiger partial charge on any atom is 0.338 e. The highest BCUT2D eigenvalue weighted by atomic mass is 32.1. The first-order chi connectivity index (χ1) is 25.1. The molecule has 0 aliphatic carbocycles. The molecule has 0 unspecified atom stereocenters. The highest BCUT2D eigenvalue weighted by Crippen LogP contribution is 2.42. The first kappa shape index (κ1) is 32.0. The Morgan fingerprint density at radius 3 is 2.00 bits per heavy atom. The van der Waals surface area contributed by atoms with Crippen LogP contribution in [0.4, 0.5) is 0 Å². The maximum atomic E-state index is 13.8. The number of esters is 3. The second-order valence-corrected chi connectivity index (χ2v) is 12.5. The Bertz CT molecular complexity index is 2330. The van der Waals surface area contributed by atoms with Crippen molar-refractivity contribution in [1.29, 1.82) is 0 Å². The van der Waals surface area contributed by atoms with Gasteiger partial charge in [0.1, 0.15) is 24.7 Å². The van der Waals surface area contributed by atoms with Crippen LogP contribution in [0.3, 0.4) is 0 Å². The minimum absolute atomic E-state index is 0.281. The molecule has 0 amide bonds. The molecular formula is C39H28N4O7S. The zero-order valence-electron chi connectivity index (χ0n) is 26.8. The summed E-state index contributed by atoms with van der Waals surface area (Å²) in [6.07, 6.45) is 0.180. The number of rotatable bonds is 9. The molecule has 5 heterocycles. The van der Waals surface area contributed by atoms with E-state index >= 15 is 0 Å². The molecule has 1 saturated heterocycles. The van der Waals surface area contributed by atoms with Crippen molar-refractivity contribution in [2.45, 2.75) is 24.5 Å². The van der Waals surface area contributed by atoms with Gasteiger partial charge < -0.3 is 18.9 Å². The van der Waals surface area contributed by atoms with Gasteiger partial charge in [0.05, 0.1) is 39.5 Å². The van der Waals surface area contributed by atoms with Crippen LogP contribution >= 0.6 is 11.3 Å². The van der Waals surface area contributed by atoms with Crippen LogP contribution in [0.2, 0.25) is 0 Å². The van der Waals surface area contributed by atoms with Crippen molar-refractivity contribution in [1.82, 2.24) is 19.5 Å². The number of fused-ring (bicyclic) bond motifs is 3. The van der Waals surface area contributed by atoms with E-state index in [9.17, 15) is 14.4 Å². The van der Waals surface area contributed by atoms with Crippen molar-refractivity contribution in [3.8, 4) is 11.3 Å². The van der Waals surface area contributed by atoms with Gasteiger partial charge in [-0.05, 0) is 53.9 Å². The molecule has 0 saturated carbocycles. The number of ether oxygens (including phenoxy) is 4. The lowest BCUT2D eigenvalue weighted by atomic mass is 10.1. The number of thiophene rings is 1. The third-order valence-electron chi connectivity index (χ3n) is 8.61. The second-order valence-electron chi connectivity index (χ2n) is 11.7. The standard InChI is InChI=1S/C39H28N4O7S/c44-37(24-10-4-1-5-11-24)47-21-30-33(49-38(45)25-12-6-2-7-13-25)34(50-39(46)26-14-8-3-9-15-26)36(48-30)43-29-20-40-18-16-28(29)31-32(27-17-19-51-22-27)41-23-42-35(31)43/h1-20,22-23,30,33-34,36H,21H2/t30-,33-,34-,36-/m1/s1. The first-order valence-corrected chi connectivity index (χ1v) is 17.0. The van der Waals surface area contributed by atoms with Crippen LogP contribution in [0.5, 0.6) is 0 Å². The largest absolute Gasteiger partial charge is 0.459 e. The molecule has 11 nitrogen and oxygen atoms in total. The number of carbonyl (C=O) groups is 3. The summed E-state index contributed by atoms with van der Waals surface area (Å²) in [5, 5.41) is 5.49. The highest BCUT2D eigenvalue weighted by molar-refractivity contribution is 7.08. The molecule has 7 aromatic rings. The minimum Gasteiger partial charge on any atom is -0.459 e. The lowest BCUT2D eigenvalue weighted by Crippen LogP contribution is -2.41. The maximum absolute atomic E-state index is 13.8. The summed E-state index contributed by atoms with van der Waals surface area (Å²) >= 11 is 1.54. The molecule has 1 aliphatic heterocycles. The van der Waals surface area contributed by atoms with E-state index in [1.807, 2.05) is 22.9 Å². The Balaban J connectivity index is 1.26. The van der Waals surface area contributed by atoms with Gasteiger partial charge in [-0.3, -0.25) is 9.55 Å². The van der Waals surface area contributed by atoms with Crippen LogP contribution in [-0.4, -0.2) is 62.3 Å². The van der Waals surface area contributed by atoms with Crippen LogP contribution in [-0.2, 0) is 18.9 Å². The van der Waals surface area contributed by atoms with E-state index in [2.05, 4.69) is 9.97 Å². The number of hydrogen-bond acceptors (Lipinski definition) is 11. The molecule has 0 bridgehead atoms. The summed E-state index contributed by atoms with van der Waals surface area (Å²) in [6.45, 7) is -0.319. The van der Waals surface area contributed by atoms with Crippen molar-refractivity contribution < 1.29 is 33.3 Å². The van der Waals surface area contributed by atoms with Gasteiger partial charge in [-0.2, -0.15) is 11.3 Å². The van der Waals surface area contributed by atoms with E-state index in [0.717, 1.165) is 16.3 Å². The fourth-order valence-electron chi connectivity index (χ4n) is 6.25. The predicted molar refractivity (Wildman–Crippen MR) is 188 cm³/mol. The van der Waals surface area contributed by atoms with E-state index in [-0.39, 0.29) is 17.7 Å². The number of pyridine rings is 1. The molecule has 1 aliphatic rings.